The van der Waals surface area contributed by atoms with E-state index in [4.69, 9.17) is 0 Å². The Labute approximate surface area is 95.1 Å². The molecule has 0 aromatic heterocycles. The number of hydrogen-bond donors (Lipinski definition) is 2. The Balaban J connectivity index is 2.10. The standard InChI is InChI=1S/C12H17NOS/c1-8-7-10(14)3-4-11(8)13-12-5-6-15-9(12)2/h3-4,7,9,12-14H,5-6H2,1-2H3. The summed E-state index contributed by atoms with van der Waals surface area (Å²) in [6.07, 6.45) is 1.23. The van der Waals surface area contributed by atoms with Crippen molar-refractivity contribution < 1.29 is 5.11 Å². The number of phenolic OH excluding ortho intramolecular Hbond substituents is 1. The molecule has 1 saturated heterocycles. The smallest absolute Gasteiger partial charge is 0.115 e. The third kappa shape index (κ3) is 2.40. The summed E-state index contributed by atoms with van der Waals surface area (Å²) >= 11 is 2.02. The van der Waals surface area contributed by atoms with Gasteiger partial charge in [0.2, 0.25) is 0 Å². The average Bonchev–Trinajstić information content (AvgIpc) is 2.57. The molecule has 0 aliphatic carbocycles. The number of aromatic hydroxyl groups is 1. The highest BCUT2D eigenvalue weighted by molar-refractivity contribution is 8.00. The van der Waals surface area contributed by atoms with Gasteiger partial charge < -0.3 is 10.4 Å². The van der Waals surface area contributed by atoms with Crippen LogP contribution in [0.5, 0.6) is 5.75 Å². The van der Waals surface area contributed by atoms with Crippen molar-refractivity contribution in [3.05, 3.63) is 23.8 Å². The van der Waals surface area contributed by atoms with Crippen LogP contribution in [0.15, 0.2) is 18.2 Å². The number of anilines is 1. The molecule has 0 saturated carbocycles. The summed E-state index contributed by atoms with van der Waals surface area (Å²) < 4.78 is 0. The van der Waals surface area contributed by atoms with Crippen molar-refractivity contribution in [1.29, 1.82) is 0 Å². The highest BCUT2D eigenvalue weighted by Crippen LogP contribution is 2.30. The molecule has 2 nitrogen and oxygen atoms in total. The van der Waals surface area contributed by atoms with E-state index in [0.717, 1.165) is 11.3 Å². The normalized spacial score (nSPS) is 25.5. The van der Waals surface area contributed by atoms with Gasteiger partial charge in [0.05, 0.1) is 0 Å². The number of benzene rings is 1. The van der Waals surface area contributed by atoms with E-state index in [0.29, 0.717) is 17.0 Å². The van der Waals surface area contributed by atoms with Crippen LogP contribution in [-0.4, -0.2) is 22.2 Å². The number of thioether (sulfide) groups is 1. The van der Waals surface area contributed by atoms with Crippen molar-refractivity contribution in [2.24, 2.45) is 0 Å². The molecular weight excluding hydrogens is 206 g/mol. The lowest BCUT2D eigenvalue weighted by atomic mass is 10.1. The maximum absolute atomic E-state index is 9.32. The minimum absolute atomic E-state index is 0.340. The van der Waals surface area contributed by atoms with E-state index < -0.39 is 0 Å². The van der Waals surface area contributed by atoms with Crippen molar-refractivity contribution in [2.45, 2.75) is 31.6 Å². The summed E-state index contributed by atoms with van der Waals surface area (Å²) in [7, 11) is 0. The zero-order valence-corrected chi connectivity index (χ0v) is 9.97. The van der Waals surface area contributed by atoms with Gasteiger partial charge in [-0.15, -0.1) is 0 Å². The van der Waals surface area contributed by atoms with E-state index in [1.54, 1.807) is 12.1 Å². The highest BCUT2D eigenvalue weighted by Gasteiger charge is 2.23. The number of phenols is 1. The highest BCUT2D eigenvalue weighted by atomic mass is 32.2. The quantitative estimate of drug-likeness (QED) is 0.756. The van der Waals surface area contributed by atoms with Crippen LogP contribution in [0.4, 0.5) is 5.69 Å². The maximum Gasteiger partial charge on any atom is 0.115 e. The SMILES string of the molecule is Cc1cc(O)ccc1NC1CCSC1C. The predicted octanol–water partition coefficient (Wildman–Crippen LogP) is 3.01. The summed E-state index contributed by atoms with van der Waals surface area (Å²) in [6, 6.07) is 6.07. The molecule has 2 unspecified atom stereocenters. The van der Waals surface area contributed by atoms with E-state index in [9.17, 15) is 5.11 Å². The van der Waals surface area contributed by atoms with Crippen molar-refractivity contribution in [3.8, 4) is 5.75 Å². The fraction of sp³-hybridized carbons (Fsp3) is 0.500. The first kappa shape index (κ1) is 10.7. The lowest BCUT2D eigenvalue weighted by Gasteiger charge is -2.19. The molecule has 0 radical (unpaired) electrons. The van der Waals surface area contributed by atoms with Gasteiger partial charge in [-0.2, -0.15) is 11.8 Å². The van der Waals surface area contributed by atoms with Gasteiger partial charge in [0.1, 0.15) is 5.75 Å². The molecule has 0 bridgehead atoms. The molecule has 2 atom stereocenters. The number of nitrogens with one attached hydrogen (secondary N) is 1. The van der Waals surface area contributed by atoms with E-state index >= 15 is 0 Å². The molecule has 1 aromatic rings. The number of aryl methyl sites for hydroxylation is 1. The first-order valence-electron chi connectivity index (χ1n) is 5.34. The molecule has 1 aliphatic rings. The molecule has 1 heterocycles. The van der Waals surface area contributed by atoms with Gasteiger partial charge in [-0.05, 0) is 42.9 Å². The molecule has 1 aliphatic heterocycles. The summed E-state index contributed by atoms with van der Waals surface area (Å²) in [5.41, 5.74) is 2.26. The minimum Gasteiger partial charge on any atom is -0.508 e. The average molecular weight is 223 g/mol. The molecule has 1 fully saturated rings. The lowest BCUT2D eigenvalue weighted by molar-refractivity contribution is 0.475. The van der Waals surface area contributed by atoms with Crippen LogP contribution < -0.4 is 5.32 Å². The molecule has 2 N–H and O–H groups in total. The van der Waals surface area contributed by atoms with Gasteiger partial charge in [0, 0.05) is 17.0 Å². The van der Waals surface area contributed by atoms with Crippen LogP contribution in [0.3, 0.4) is 0 Å². The van der Waals surface area contributed by atoms with Gasteiger partial charge in [0.25, 0.3) is 0 Å². The third-order valence-corrected chi connectivity index (χ3v) is 4.25. The van der Waals surface area contributed by atoms with Crippen LogP contribution in [0.25, 0.3) is 0 Å². The van der Waals surface area contributed by atoms with Crippen LogP contribution in [0, 0.1) is 6.92 Å². The molecule has 82 valence electrons. The second-order valence-corrected chi connectivity index (χ2v) is 5.60. The third-order valence-electron chi connectivity index (χ3n) is 2.93. The Bertz CT molecular complexity index is 353. The van der Waals surface area contributed by atoms with Crippen LogP contribution in [0.2, 0.25) is 0 Å². The summed E-state index contributed by atoms with van der Waals surface area (Å²) in [6.45, 7) is 4.29. The van der Waals surface area contributed by atoms with Crippen molar-refractivity contribution in [1.82, 2.24) is 0 Å². The monoisotopic (exact) mass is 223 g/mol. The second kappa shape index (κ2) is 4.35. The molecule has 1 aromatic carbocycles. The lowest BCUT2D eigenvalue weighted by Crippen LogP contribution is -2.25. The summed E-state index contributed by atoms with van der Waals surface area (Å²) in [4.78, 5) is 0. The minimum atomic E-state index is 0.340. The molecule has 15 heavy (non-hydrogen) atoms. The van der Waals surface area contributed by atoms with Crippen LogP contribution in [0.1, 0.15) is 18.9 Å². The Hall–Kier alpha value is -0.830. The molecule has 0 spiro atoms. The second-order valence-electron chi connectivity index (χ2n) is 4.11. The van der Waals surface area contributed by atoms with Crippen molar-refractivity contribution in [2.75, 3.05) is 11.1 Å². The van der Waals surface area contributed by atoms with Crippen molar-refractivity contribution >= 4 is 17.4 Å². The largest absolute Gasteiger partial charge is 0.508 e. The zero-order valence-electron chi connectivity index (χ0n) is 9.16. The van der Waals surface area contributed by atoms with E-state index in [1.165, 1.54) is 12.2 Å². The van der Waals surface area contributed by atoms with Crippen LogP contribution in [-0.2, 0) is 0 Å². The molecule has 0 amide bonds. The van der Waals surface area contributed by atoms with Gasteiger partial charge in [-0.1, -0.05) is 6.92 Å². The van der Waals surface area contributed by atoms with E-state index in [2.05, 4.69) is 12.2 Å². The van der Waals surface area contributed by atoms with Gasteiger partial charge in [-0.25, -0.2) is 0 Å². The predicted molar refractivity (Wildman–Crippen MR) is 66.8 cm³/mol. The van der Waals surface area contributed by atoms with Gasteiger partial charge in [-0.3, -0.25) is 0 Å². The zero-order chi connectivity index (χ0) is 10.8. The van der Waals surface area contributed by atoms with Crippen molar-refractivity contribution in [3.63, 3.8) is 0 Å². The Morgan fingerprint density at radius 2 is 2.27 bits per heavy atom. The first-order valence-corrected chi connectivity index (χ1v) is 6.39. The van der Waals surface area contributed by atoms with Gasteiger partial charge in [0.15, 0.2) is 0 Å². The topological polar surface area (TPSA) is 32.3 Å². The van der Waals surface area contributed by atoms with Gasteiger partial charge >= 0.3 is 0 Å². The first-order chi connectivity index (χ1) is 7.16. The van der Waals surface area contributed by atoms with Crippen LogP contribution >= 0.6 is 11.8 Å². The maximum atomic E-state index is 9.32. The van der Waals surface area contributed by atoms with E-state index in [-0.39, 0.29) is 0 Å². The number of hydrogen-bond acceptors (Lipinski definition) is 3. The molecule has 3 heteroatoms. The molecule has 2 rings (SSSR count). The summed E-state index contributed by atoms with van der Waals surface area (Å²) in [5.74, 6) is 1.59. The Morgan fingerprint density at radius 3 is 2.87 bits per heavy atom. The van der Waals surface area contributed by atoms with E-state index in [1.807, 2.05) is 24.8 Å². The number of rotatable bonds is 2. The Morgan fingerprint density at radius 1 is 1.47 bits per heavy atom. The molecular formula is C12H17NOS. The fourth-order valence-corrected chi connectivity index (χ4v) is 3.13. The fourth-order valence-electron chi connectivity index (χ4n) is 1.93. The summed E-state index contributed by atoms with van der Waals surface area (Å²) in [5, 5.41) is 13.6. The Kier molecular flexibility index (Phi) is 3.10.